The van der Waals surface area contributed by atoms with Gasteiger partial charge in [-0.1, -0.05) is 11.6 Å². The first kappa shape index (κ1) is 12.2. The molecule has 0 saturated heterocycles. The van der Waals surface area contributed by atoms with Gasteiger partial charge in [-0.25, -0.2) is 4.98 Å². The zero-order valence-corrected chi connectivity index (χ0v) is 9.57. The van der Waals surface area contributed by atoms with E-state index in [0.29, 0.717) is 16.5 Å². The number of aliphatic hydroxyl groups excluding tert-OH is 2. The van der Waals surface area contributed by atoms with Gasteiger partial charge in [-0.15, -0.1) is 0 Å². The standard InChI is InChI=1S/C10H15ClN2O2/c1-7(5-14)13(2)10-4-3-8(11)9(6-15)12-10/h3-4,7,14-15H,5-6H2,1-2H3. The van der Waals surface area contributed by atoms with Crippen molar-refractivity contribution in [2.45, 2.75) is 19.6 Å². The number of hydrogen-bond acceptors (Lipinski definition) is 4. The van der Waals surface area contributed by atoms with E-state index >= 15 is 0 Å². The fourth-order valence-corrected chi connectivity index (χ4v) is 1.29. The molecule has 0 aliphatic rings. The maximum absolute atomic E-state index is 9.01. The van der Waals surface area contributed by atoms with Gasteiger partial charge in [0.2, 0.25) is 0 Å². The van der Waals surface area contributed by atoms with Crippen molar-refractivity contribution in [1.29, 1.82) is 0 Å². The Bertz CT molecular complexity index is 333. The summed E-state index contributed by atoms with van der Waals surface area (Å²) < 4.78 is 0. The lowest BCUT2D eigenvalue weighted by Gasteiger charge is -2.24. The molecule has 84 valence electrons. The molecule has 0 bridgehead atoms. The van der Waals surface area contributed by atoms with Crippen LogP contribution >= 0.6 is 11.6 Å². The normalized spacial score (nSPS) is 12.6. The second-order valence-electron chi connectivity index (χ2n) is 3.40. The third kappa shape index (κ3) is 2.81. The lowest BCUT2D eigenvalue weighted by Crippen LogP contribution is -2.32. The van der Waals surface area contributed by atoms with Crippen LogP contribution in [-0.2, 0) is 6.61 Å². The van der Waals surface area contributed by atoms with Crippen molar-refractivity contribution in [3.63, 3.8) is 0 Å². The Morgan fingerprint density at radius 1 is 1.47 bits per heavy atom. The predicted molar refractivity (Wildman–Crippen MR) is 60.1 cm³/mol. The number of aliphatic hydroxyl groups is 2. The molecular formula is C10H15ClN2O2. The van der Waals surface area contributed by atoms with Crippen LogP contribution in [-0.4, -0.2) is 34.9 Å². The lowest BCUT2D eigenvalue weighted by atomic mass is 10.3. The summed E-state index contributed by atoms with van der Waals surface area (Å²) in [6, 6.07) is 3.43. The van der Waals surface area contributed by atoms with Crippen molar-refractivity contribution in [3.8, 4) is 0 Å². The number of rotatable bonds is 4. The summed E-state index contributed by atoms with van der Waals surface area (Å²) >= 11 is 5.82. The van der Waals surface area contributed by atoms with Crippen molar-refractivity contribution < 1.29 is 10.2 Å². The molecule has 1 heterocycles. The van der Waals surface area contributed by atoms with Gasteiger partial charge < -0.3 is 15.1 Å². The van der Waals surface area contributed by atoms with Crippen LogP contribution in [0.25, 0.3) is 0 Å². The summed E-state index contributed by atoms with van der Waals surface area (Å²) in [7, 11) is 1.83. The van der Waals surface area contributed by atoms with Crippen LogP contribution < -0.4 is 4.90 Å². The van der Waals surface area contributed by atoms with E-state index in [1.807, 2.05) is 18.9 Å². The SMILES string of the molecule is CC(CO)N(C)c1ccc(Cl)c(CO)n1. The Labute approximate surface area is 94.1 Å². The summed E-state index contributed by atoms with van der Waals surface area (Å²) in [5.74, 6) is 0.685. The Hall–Kier alpha value is -0.840. The van der Waals surface area contributed by atoms with Gasteiger partial charge in [0, 0.05) is 7.05 Å². The highest BCUT2D eigenvalue weighted by atomic mass is 35.5. The lowest BCUT2D eigenvalue weighted by molar-refractivity contribution is 0.268. The first-order valence-electron chi connectivity index (χ1n) is 4.70. The third-order valence-corrected chi connectivity index (χ3v) is 2.68. The zero-order valence-electron chi connectivity index (χ0n) is 8.81. The average molecular weight is 231 g/mol. The van der Waals surface area contributed by atoms with E-state index in [9.17, 15) is 0 Å². The largest absolute Gasteiger partial charge is 0.394 e. The van der Waals surface area contributed by atoms with Crippen molar-refractivity contribution in [2.75, 3.05) is 18.6 Å². The molecule has 0 amide bonds. The minimum atomic E-state index is -0.186. The molecule has 1 rings (SSSR count). The van der Waals surface area contributed by atoms with E-state index in [2.05, 4.69) is 4.98 Å². The van der Waals surface area contributed by atoms with Gasteiger partial charge in [-0.3, -0.25) is 0 Å². The van der Waals surface area contributed by atoms with Crippen LogP contribution in [0.3, 0.4) is 0 Å². The summed E-state index contributed by atoms with van der Waals surface area (Å²) in [5.41, 5.74) is 0.450. The maximum atomic E-state index is 9.01. The number of halogens is 1. The highest BCUT2D eigenvalue weighted by Gasteiger charge is 2.11. The van der Waals surface area contributed by atoms with Gasteiger partial charge >= 0.3 is 0 Å². The van der Waals surface area contributed by atoms with Gasteiger partial charge in [0.05, 0.1) is 30.0 Å². The topological polar surface area (TPSA) is 56.6 Å². The molecule has 1 aromatic heterocycles. The van der Waals surface area contributed by atoms with Gasteiger partial charge in [0.25, 0.3) is 0 Å². The Morgan fingerprint density at radius 2 is 2.13 bits per heavy atom. The van der Waals surface area contributed by atoms with E-state index in [1.54, 1.807) is 12.1 Å². The average Bonchev–Trinajstić information content (AvgIpc) is 2.27. The number of hydrogen-bond donors (Lipinski definition) is 2. The molecule has 1 unspecified atom stereocenters. The summed E-state index contributed by atoms with van der Waals surface area (Å²) in [6.45, 7) is 1.75. The summed E-state index contributed by atoms with van der Waals surface area (Å²) in [4.78, 5) is 6.02. The second kappa shape index (κ2) is 5.30. The zero-order chi connectivity index (χ0) is 11.4. The van der Waals surface area contributed by atoms with E-state index in [0.717, 1.165) is 0 Å². The quantitative estimate of drug-likeness (QED) is 0.812. The number of anilines is 1. The molecule has 0 saturated carbocycles. The summed E-state index contributed by atoms with van der Waals surface area (Å²) in [5, 5.41) is 18.5. The van der Waals surface area contributed by atoms with Crippen molar-refractivity contribution in [3.05, 3.63) is 22.8 Å². The fraction of sp³-hybridized carbons (Fsp3) is 0.500. The Balaban J connectivity index is 2.95. The molecule has 15 heavy (non-hydrogen) atoms. The number of nitrogens with zero attached hydrogens (tertiary/aromatic N) is 2. The van der Waals surface area contributed by atoms with Crippen LogP contribution in [0.2, 0.25) is 5.02 Å². The van der Waals surface area contributed by atoms with Crippen LogP contribution in [0, 0.1) is 0 Å². The van der Waals surface area contributed by atoms with Gasteiger partial charge in [-0.2, -0.15) is 0 Å². The molecule has 2 N–H and O–H groups in total. The number of likely N-dealkylation sites (N-methyl/N-ethyl adjacent to an activating group) is 1. The Morgan fingerprint density at radius 3 is 2.67 bits per heavy atom. The summed E-state index contributed by atoms with van der Waals surface area (Å²) in [6.07, 6.45) is 0. The van der Waals surface area contributed by atoms with Crippen LogP contribution in [0.15, 0.2) is 12.1 Å². The fourth-order valence-electron chi connectivity index (χ4n) is 1.13. The minimum Gasteiger partial charge on any atom is -0.394 e. The monoisotopic (exact) mass is 230 g/mol. The molecule has 0 aromatic carbocycles. The first-order chi connectivity index (χ1) is 7.10. The molecule has 0 aliphatic carbocycles. The molecule has 0 radical (unpaired) electrons. The highest BCUT2D eigenvalue weighted by Crippen LogP contribution is 2.19. The van der Waals surface area contributed by atoms with E-state index in [4.69, 9.17) is 21.8 Å². The van der Waals surface area contributed by atoms with Crippen molar-refractivity contribution in [2.24, 2.45) is 0 Å². The van der Waals surface area contributed by atoms with Crippen molar-refractivity contribution >= 4 is 17.4 Å². The molecular weight excluding hydrogens is 216 g/mol. The Kier molecular flexibility index (Phi) is 4.32. The molecule has 5 heteroatoms. The molecule has 0 fully saturated rings. The highest BCUT2D eigenvalue weighted by molar-refractivity contribution is 6.31. The maximum Gasteiger partial charge on any atom is 0.129 e. The first-order valence-corrected chi connectivity index (χ1v) is 5.08. The van der Waals surface area contributed by atoms with E-state index in [1.165, 1.54) is 0 Å². The molecule has 0 spiro atoms. The number of pyridine rings is 1. The van der Waals surface area contributed by atoms with Crippen LogP contribution in [0.1, 0.15) is 12.6 Å². The smallest absolute Gasteiger partial charge is 0.129 e. The molecule has 1 aromatic rings. The van der Waals surface area contributed by atoms with Crippen molar-refractivity contribution in [1.82, 2.24) is 4.98 Å². The van der Waals surface area contributed by atoms with E-state index in [-0.39, 0.29) is 19.3 Å². The molecule has 0 aliphatic heterocycles. The molecule has 1 atom stereocenters. The van der Waals surface area contributed by atoms with E-state index < -0.39 is 0 Å². The van der Waals surface area contributed by atoms with Gasteiger partial charge in [0.1, 0.15) is 5.82 Å². The molecule has 4 nitrogen and oxygen atoms in total. The van der Waals surface area contributed by atoms with Crippen LogP contribution in [0.4, 0.5) is 5.82 Å². The second-order valence-corrected chi connectivity index (χ2v) is 3.81. The minimum absolute atomic E-state index is 0.0229. The van der Waals surface area contributed by atoms with Gasteiger partial charge in [0.15, 0.2) is 0 Å². The predicted octanol–water partition coefficient (Wildman–Crippen LogP) is 1.04. The van der Waals surface area contributed by atoms with Gasteiger partial charge in [-0.05, 0) is 19.1 Å². The van der Waals surface area contributed by atoms with Crippen LogP contribution in [0.5, 0.6) is 0 Å². The number of aromatic nitrogens is 1. The third-order valence-electron chi connectivity index (χ3n) is 2.34.